The van der Waals surface area contributed by atoms with Crippen LogP contribution in [0.15, 0.2) is 36.4 Å². The SMILES string of the molecule is COc1ccc2cc([C@H](C)C(=O)OCP(=O)(O)O)ccc2c1.NC(CC[N+](=O)[O-])(CO[N+](=O)[O-])CO[N+](=O)[O-]. The molecule has 19 heteroatoms. The predicted molar refractivity (Wildman–Crippen MR) is 131 cm³/mol. The van der Waals surface area contributed by atoms with Crippen molar-refractivity contribution in [3.8, 4) is 5.75 Å². The van der Waals surface area contributed by atoms with Crippen molar-refractivity contribution in [1.29, 1.82) is 0 Å². The Morgan fingerprint density at radius 2 is 1.56 bits per heavy atom. The van der Waals surface area contributed by atoms with Crippen molar-refractivity contribution in [2.24, 2.45) is 5.73 Å². The van der Waals surface area contributed by atoms with Crippen LogP contribution in [0.2, 0.25) is 0 Å². The summed E-state index contributed by atoms with van der Waals surface area (Å²) in [5.41, 5.74) is 4.52. The van der Waals surface area contributed by atoms with Gasteiger partial charge in [0.2, 0.25) is 6.54 Å². The number of nitro groups is 1. The molecule has 2 aromatic rings. The van der Waals surface area contributed by atoms with Gasteiger partial charge >= 0.3 is 13.6 Å². The first-order valence-corrected chi connectivity index (χ1v) is 12.6. The van der Waals surface area contributed by atoms with E-state index in [4.69, 9.17) is 20.3 Å². The minimum absolute atomic E-state index is 0.359. The zero-order chi connectivity index (χ0) is 29.8. The van der Waals surface area contributed by atoms with Crippen molar-refractivity contribution < 1.29 is 53.4 Å². The van der Waals surface area contributed by atoms with Crippen molar-refractivity contribution in [2.45, 2.75) is 24.8 Å². The highest BCUT2D eigenvalue weighted by Crippen LogP contribution is 2.35. The maximum absolute atomic E-state index is 11.8. The zero-order valence-electron chi connectivity index (χ0n) is 20.7. The summed E-state index contributed by atoms with van der Waals surface area (Å²) in [6.45, 7) is -0.450. The third kappa shape index (κ3) is 12.8. The molecule has 0 spiro atoms. The van der Waals surface area contributed by atoms with Gasteiger partial charge in [0.05, 0.1) is 18.6 Å². The quantitative estimate of drug-likeness (QED) is 0.124. The van der Waals surface area contributed by atoms with Crippen LogP contribution in [0.3, 0.4) is 0 Å². The summed E-state index contributed by atoms with van der Waals surface area (Å²) in [4.78, 5) is 66.5. The van der Waals surface area contributed by atoms with Crippen molar-refractivity contribution in [3.63, 3.8) is 0 Å². The Hall–Kier alpha value is -4.12. The summed E-state index contributed by atoms with van der Waals surface area (Å²) in [6.07, 6.45) is -1.26. The Bertz CT molecular complexity index is 1170. The average Bonchev–Trinajstić information content (AvgIpc) is 2.87. The maximum Gasteiger partial charge on any atom is 0.362 e. The number of esters is 1. The monoisotopic (exact) mass is 578 g/mol. The van der Waals surface area contributed by atoms with E-state index in [1.165, 1.54) is 0 Å². The van der Waals surface area contributed by atoms with E-state index >= 15 is 0 Å². The molecule has 4 N–H and O–H groups in total. The lowest BCUT2D eigenvalue weighted by molar-refractivity contribution is -0.769. The number of carbonyl (C=O) groups is 1. The first kappa shape index (κ1) is 32.9. The van der Waals surface area contributed by atoms with Crippen molar-refractivity contribution >= 4 is 24.3 Å². The van der Waals surface area contributed by atoms with Gasteiger partial charge in [-0.25, -0.2) is 0 Å². The third-order valence-corrected chi connectivity index (χ3v) is 5.47. The highest BCUT2D eigenvalue weighted by molar-refractivity contribution is 7.51. The molecule has 0 aliphatic rings. The normalized spacial score (nSPS) is 11.9. The number of hydrogen-bond donors (Lipinski definition) is 3. The Morgan fingerprint density at radius 3 is 2.05 bits per heavy atom. The standard InChI is InChI=1S/C15H17O6P.C5H10N4O8/c1-10(15(16)21-9-22(17,18)19)11-3-4-13-8-14(20-2)6-5-12(13)7-11;6-5(1-2-7(10)11,3-16-8(12)13)4-17-9(14)15/h3-8,10H,9H2,1-2H3,(H2,17,18,19);1-4,6H2/t10-;/m0./s1. The number of benzene rings is 2. The molecule has 0 aliphatic carbocycles. The van der Waals surface area contributed by atoms with Gasteiger partial charge in [-0.1, -0.05) is 24.3 Å². The van der Waals surface area contributed by atoms with E-state index < -0.39 is 66.2 Å². The average molecular weight is 578 g/mol. The molecule has 0 saturated heterocycles. The Balaban J connectivity index is 0.000000406. The van der Waals surface area contributed by atoms with Crippen LogP contribution in [-0.2, 0) is 23.8 Å². The lowest BCUT2D eigenvalue weighted by atomic mass is 9.98. The highest BCUT2D eigenvalue weighted by Gasteiger charge is 2.30. The molecule has 39 heavy (non-hydrogen) atoms. The van der Waals surface area contributed by atoms with E-state index in [1.807, 2.05) is 30.3 Å². The molecule has 0 bridgehead atoms. The topological polar surface area (TPSA) is 267 Å². The number of carbonyl (C=O) groups excluding carboxylic acids is 1. The van der Waals surface area contributed by atoms with Gasteiger partial charge in [-0.15, -0.1) is 20.2 Å². The molecule has 0 saturated carbocycles. The minimum atomic E-state index is -4.36. The van der Waals surface area contributed by atoms with Crippen molar-refractivity contribution in [2.75, 3.05) is 33.2 Å². The number of rotatable bonds is 14. The van der Waals surface area contributed by atoms with Gasteiger partial charge in [0.25, 0.3) is 10.2 Å². The molecule has 0 aliphatic heterocycles. The molecular formula is C20H27N4O14P. The van der Waals surface area contributed by atoms with Crippen LogP contribution >= 0.6 is 7.60 Å². The smallest absolute Gasteiger partial charge is 0.362 e. The first-order valence-electron chi connectivity index (χ1n) is 10.8. The van der Waals surface area contributed by atoms with E-state index in [9.17, 15) is 39.7 Å². The number of hydrogen-bond acceptors (Lipinski definition) is 13. The van der Waals surface area contributed by atoms with E-state index in [1.54, 1.807) is 20.1 Å². The van der Waals surface area contributed by atoms with Gasteiger partial charge in [-0.2, -0.15) is 0 Å². The van der Waals surface area contributed by atoms with E-state index in [0.29, 0.717) is 5.56 Å². The number of methoxy groups -OCH3 is 1. The molecule has 0 heterocycles. The summed E-state index contributed by atoms with van der Waals surface area (Å²) in [7, 11) is -2.76. The molecule has 0 fully saturated rings. The highest BCUT2D eigenvalue weighted by atomic mass is 31.2. The lowest BCUT2D eigenvalue weighted by Gasteiger charge is -2.25. The Morgan fingerprint density at radius 1 is 1.03 bits per heavy atom. The largest absolute Gasteiger partial charge is 0.497 e. The predicted octanol–water partition coefficient (Wildman–Crippen LogP) is 1.40. The number of nitrogens with zero attached hydrogens (tertiary/aromatic N) is 3. The lowest BCUT2D eigenvalue weighted by Crippen LogP contribution is -2.51. The number of fused-ring (bicyclic) bond motifs is 1. The van der Waals surface area contributed by atoms with Crippen LogP contribution in [-0.4, -0.2) is 69.6 Å². The number of nitrogens with two attached hydrogens (primary N) is 1. The fourth-order valence-electron chi connectivity index (χ4n) is 2.91. The second kappa shape index (κ2) is 14.7. The van der Waals surface area contributed by atoms with Crippen LogP contribution in [0.4, 0.5) is 0 Å². The van der Waals surface area contributed by atoms with Gasteiger partial charge in [0.15, 0.2) is 6.35 Å². The zero-order valence-corrected chi connectivity index (χ0v) is 21.6. The molecule has 0 amide bonds. The molecule has 18 nitrogen and oxygen atoms in total. The molecule has 0 unspecified atom stereocenters. The number of ether oxygens (including phenoxy) is 2. The minimum Gasteiger partial charge on any atom is -0.497 e. The second-order valence-corrected chi connectivity index (χ2v) is 9.70. The Labute approximate surface area is 220 Å². The van der Waals surface area contributed by atoms with Gasteiger partial charge in [0.1, 0.15) is 19.0 Å². The van der Waals surface area contributed by atoms with Crippen LogP contribution < -0.4 is 10.5 Å². The second-order valence-electron chi connectivity index (χ2n) is 8.11. The summed E-state index contributed by atoms with van der Waals surface area (Å²) >= 11 is 0. The van der Waals surface area contributed by atoms with Crippen molar-refractivity contribution in [1.82, 2.24) is 0 Å². The third-order valence-electron chi connectivity index (χ3n) is 5.01. The van der Waals surface area contributed by atoms with E-state index in [2.05, 4.69) is 14.4 Å². The fraction of sp³-hybridized carbons (Fsp3) is 0.450. The summed E-state index contributed by atoms with van der Waals surface area (Å²) in [5, 5.41) is 29.6. The van der Waals surface area contributed by atoms with E-state index in [-0.39, 0.29) is 6.42 Å². The van der Waals surface area contributed by atoms with Gasteiger partial charge in [0, 0.05) is 11.3 Å². The fourth-order valence-corrected chi connectivity index (χ4v) is 3.21. The first-order chi connectivity index (χ1) is 18.0. The van der Waals surface area contributed by atoms with Crippen LogP contribution in [0, 0.1) is 30.3 Å². The van der Waals surface area contributed by atoms with Crippen LogP contribution in [0.25, 0.3) is 10.8 Å². The Kier molecular flexibility index (Phi) is 12.4. The molecule has 1 atom stereocenters. The summed E-state index contributed by atoms with van der Waals surface area (Å²) in [6, 6.07) is 11.1. The van der Waals surface area contributed by atoms with Gasteiger partial charge in [-0.3, -0.25) is 19.5 Å². The van der Waals surface area contributed by atoms with E-state index in [0.717, 1.165) is 16.5 Å². The summed E-state index contributed by atoms with van der Waals surface area (Å²) < 4.78 is 20.5. The molecule has 216 valence electrons. The molecule has 0 aromatic heterocycles. The van der Waals surface area contributed by atoms with Gasteiger partial charge < -0.3 is 34.7 Å². The summed E-state index contributed by atoms with van der Waals surface area (Å²) in [5.74, 6) is -0.538. The van der Waals surface area contributed by atoms with Crippen molar-refractivity contribution in [3.05, 3.63) is 72.3 Å². The van der Waals surface area contributed by atoms with Crippen LogP contribution in [0.1, 0.15) is 24.8 Å². The molecule has 0 radical (unpaired) electrons. The van der Waals surface area contributed by atoms with Gasteiger partial charge in [-0.05, 0) is 35.4 Å². The molecule has 2 rings (SSSR count). The van der Waals surface area contributed by atoms with Crippen LogP contribution in [0.5, 0.6) is 5.75 Å². The maximum atomic E-state index is 11.8. The molecular weight excluding hydrogens is 551 g/mol. The molecule has 2 aromatic carbocycles.